The Hall–Kier alpha value is -2.48. The first-order chi connectivity index (χ1) is 11.0. The molecule has 0 rings (SSSR count). The van der Waals surface area contributed by atoms with E-state index in [0.717, 1.165) is 0 Å². The van der Waals surface area contributed by atoms with Gasteiger partial charge in [-0.3, -0.25) is 4.79 Å². The van der Waals surface area contributed by atoms with Crippen molar-refractivity contribution in [2.45, 2.75) is 58.8 Å². The first-order valence-corrected chi connectivity index (χ1v) is 7.42. The number of esters is 1. The third kappa shape index (κ3) is 8.84. The molecule has 2 N–H and O–H groups in total. The summed E-state index contributed by atoms with van der Waals surface area (Å²) in [7, 11) is 1.20. The van der Waals surface area contributed by atoms with Crippen LogP contribution in [0.15, 0.2) is 5.11 Å². The first-order valence-electron chi connectivity index (χ1n) is 7.42. The monoisotopic (exact) mass is 343 g/mol. The van der Waals surface area contributed by atoms with Gasteiger partial charge in [0.25, 0.3) is 0 Å². The van der Waals surface area contributed by atoms with Crippen LogP contribution in [0.2, 0.25) is 0 Å². The molecule has 10 nitrogen and oxygen atoms in total. The highest BCUT2D eigenvalue weighted by atomic mass is 16.6. The van der Waals surface area contributed by atoms with Crippen molar-refractivity contribution in [2.24, 2.45) is 11.0 Å². The molecule has 136 valence electrons. The van der Waals surface area contributed by atoms with Crippen molar-refractivity contribution in [1.82, 2.24) is 10.6 Å². The van der Waals surface area contributed by atoms with Gasteiger partial charge in [-0.05, 0) is 38.6 Å². The molecule has 10 heteroatoms. The van der Waals surface area contributed by atoms with Gasteiger partial charge in [-0.1, -0.05) is 19.0 Å². The van der Waals surface area contributed by atoms with Gasteiger partial charge in [0.2, 0.25) is 5.91 Å². The average molecular weight is 343 g/mol. The maximum absolute atomic E-state index is 12.2. The number of methoxy groups -OCH3 is 1. The normalized spacial score (nSPS) is 13.3. The minimum Gasteiger partial charge on any atom is -0.467 e. The number of azide groups is 1. The zero-order chi connectivity index (χ0) is 18.9. The third-order valence-corrected chi connectivity index (χ3v) is 2.58. The number of carbonyl (C=O) groups is 3. The number of amides is 2. The second-order valence-electron chi connectivity index (χ2n) is 6.47. The minimum atomic E-state index is -1.55. The molecule has 0 saturated heterocycles. The maximum atomic E-state index is 12.2. The van der Waals surface area contributed by atoms with Crippen LogP contribution >= 0.6 is 0 Å². The van der Waals surface area contributed by atoms with Crippen molar-refractivity contribution in [3.8, 4) is 0 Å². The van der Waals surface area contributed by atoms with E-state index >= 15 is 0 Å². The number of hydrogen-bond donors (Lipinski definition) is 2. The molecule has 0 aliphatic rings. The van der Waals surface area contributed by atoms with Crippen molar-refractivity contribution >= 4 is 18.0 Å². The fourth-order valence-corrected chi connectivity index (χ4v) is 1.70. The quantitative estimate of drug-likeness (QED) is 0.314. The number of alkyl carbamates (subject to hydrolysis) is 1. The summed E-state index contributed by atoms with van der Waals surface area (Å²) in [6, 6.07) is -0.917. The van der Waals surface area contributed by atoms with E-state index in [4.69, 9.17) is 10.3 Å². The highest BCUT2D eigenvalue weighted by Gasteiger charge is 2.28. The first kappa shape index (κ1) is 21.5. The molecule has 1 unspecified atom stereocenters. The van der Waals surface area contributed by atoms with Crippen LogP contribution in [0.5, 0.6) is 0 Å². The lowest BCUT2D eigenvalue weighted by molar-refractivity contribution is -0.145. The molecule has 0 bridgehead atoms. The predicted molar refractivity (Wildman–Crippen MR) is 85.7 cm³/mol. The van der Waals surface area contributed by atoms with Crippen molar-refractivity contribution in [2.75, 3.05) is 7.11 Å². The van der Waals surface area contributed by atoms with Gasteiger partial charge >= 0.3 is 12.1 Å². The fourth-order valence-electron chi connectivity index (χ4n) is 1.70. The molecule has 24 heavy (non-hydrogen) atoms. The Balaban J connectivity index is 5.03. The summed E-state index contributed by atoms with van der Waals surface area (Å²) in [4.78, 5) is 38.1. The van der Waals surface area contributed by atoms with Gasteiger partial charge in [0, 0.05) is 4.91 Å². The Labute approximate surface area is 140 Å². The van der Waals surface area contributed by atoms with Crippen LogP contribution in [0.4, 0.5) is 4.79 Å². The van der Waals surface area contributed by atoms with Crippen molar-refractivity contribution in [1.29, 1.82) is 0 Å². The number of nitrogens with one attached hydrogen (secondary N) is 2. The van der Waals surface area contributed by atoms with Gasteiger partial charge in [0.05, 0.1) is 7.11 Å². The van der Waals surface area contributed by atoms with Crippen LogP contribution in [0.1, 0.15) is 41.0 Å². The molecular weight excluding hydrogens is 318 g/mol. The molecule has 2 amide bonds. The maximum Gasteiger partial charge on any atom is 0.408 e. The van der Waals surface area contributed by atoms with Crippen LogP contribution in [0.25, 0.3) is 10.4 Å². The van der Waals surface area contributed by atoms with E-state index in [1.807, 2.05) is 13.8 Å². The third-order valence-electron chi connectivity index (χ3n) is 2.58. The Kier molecular flexibility index (Phi) is 8.62. The Morgan fingerprint density at radius 2 is 1.79 bits per heavy atom. The van der Waals surface area contributed by atoms with E-state index in [-0.39, 0.29) is 5.92 Å². The number of carbonyl (C=O) groups excluding carboxylic acids is 3. The van der Waals surface area contributed by atoms with E-state index in [1.54, 1.807) is 20.8 Å². The van der Waals surface area contributed by atoms with Crippen molar-refractivity contribution in [3.63, 3.8) is 0 Å². The number of hydrogen-bond acceptors (Lipinski definition) is 6. The number of ether oxygens (including phenoxy) is 2. The van der Waals surface area contributed by atoms with E-state index in [0.29, 0.717) is 6.42 Å². The van der Waals surface area contributed by atoms with Crippen molar-refractivity contribution in [3.05, 3.63) is 10.4 Å². The predicted octanol–water partition coefficient (Wildman–Crippen LogP) is 1.85. The summed E-state index contributed by atoms with van der Waals surface area (Å²) >= 11 is 0. The van der Waals surface area contributed by atoms with Gasteiger partial charge in [-0.25, -0.2) is 9.59 Å². The summed E-state index contributed by atoms with van der Waals surface area (Å²) in [5, 5.41) is 7.76. The molecular formula is C14H25N5O5. The smallest absolute Gasteiger partial charge is 0.408 e. The molecule has 0 radical (unpaired) electrons. The summed E-state index contributed by atoms with van der Waals surface area (Å²) in [6.07, 6.45) is -2.15. The second kappa shape index (κ2) is 9.61. The van der Waals surface area contributed by atoms with Crippen LogP contribution in [0, 0.1) is 5.92 Å². The average Bonchev–Trinajstić information content (AvgIpc) is 2.42. The van der Waals surface area contributed by atoms with Crippen molar-refractivity contribution < 1.29 is 23.9 Å². The van der Waals surface area contributed by atoms with Gasteiger partial charge < -0.3 is 20.1 Å². The molecule has 0 aromatic heterocycles. The molecule has 0 heterocycles. The van der Waals surface area contributed by atoms with Gasteiger partial charge in [-0.2, -0.15) is 0 Å². The molecule has 2 atom stereocenters. The topological polar surface area (TPSA) is 142 Å². The largest absolute Gasteiger partial charge is 0.467 e. The van der Waals surface area contributed by atoms with Gasteiger partial charge in [0.1, 0.15) is 11.6 Å². The Bertz CT molecular complexity index is 508. The lowest BCUT2D eigenvalue weighted by Crippen LogP contribution is -2.52. The SMILES string of the molecule is COC(=O)[C@H](CC(C)C)NC(=O)C(N=[N+]=[N-])NC(=O)OC(C)(C)C. The van der Waals surface area contributed by atoms with E-state index in [9.17, 15) is 14.4 Å². The van der Waals surface area contributed by atoms with Gasteiger partial charge in [0.15, 0.2) is 6.17 Å². The summed E-state index contributed by atoms with van der Waals surface area (Å²) in [6.45, 7) is 8.67. The van der Waals surface area contributed by atoms with Crippen LogP contribution in [-0.2, 0) is 19.1 Å². The summed E-state index contributed by atoms with van der Waals surface area (Å²) in [5.74, 6) is -1.37. The standard InChI is InChI=1S/C14H25N5O5/c1-8(2)7-9(12(21)23-6)16-11(20)10(18-19-15)17-13(22)24-14(3,4)5/h8-10H,7H2,1-6H3,(H,16,20)(H,17,22)/t9-,10?/m0/s1. The molecule has 0 aromatic rings. The number of rotatable bonds is 7. The highest BCUT2D eigenvalue weighted by molar-refractivity contribution is 5.89. The fraction of sp³-hybridized carbons (Fsp3) is 0.786. The minimum absolute atomic E-state index is 0.103. The van der Waals surface area contributed by atoms with E-state index in [2.05, 4.69) is 25.4 Å². The molecule has 0 aliphatic carbocycles. The van der Waals surface area contributed by atoms with Crippen LogP contribution in [0.3, 0.4) is 0 Å². The summed E-state index contributed by atoms with van der Waals surface area (Å²) in [5.41, 5.74) is 7.78. The van der Waals surface area contributed by atoms with Crippen LogP contribution < -0.4 is 10.6 Å². The van der Waals surface area contributed by atoms with Crippen LogP contribution in [-0.4, -0.2) is 42.9 Å². The second-order valence-corrected chi connectivity index (χ2v) is 6.47. The molecule has 0 aromatic carbocycles. The highest BCUT2D eigenvalue weighted by Crippen LogP contribution is 2.08. The Morgan fingerprint density at radius 1 is 1.21 bits per heavy atom. The number of nitrogens with zero attached hydrogens (tertiary/aromatic N) is 3. The molecule has 0 spiro atoms. The molecule has 0 fully saturated rings. The lowest BCUT2D eigenvalue weighted by Gasteiger charge is -2.23. The van der Waals surface area contributed by atoms with Gasteiger partial charge in [-0.15, -0.1) is 0 Å². The van der Waals surface area contributed by atoms with E-state index < -0.39 is 35.8 Å². The molecule has 0 aliphatic heterocycles. The Morgan fingerprint density at radius 3 is 2.21 bits per heavy atom. The molecule has 0 saturated carbocycles. The zero-order valence-electron chi connectivity index (χ0n) is 14.8. The van der Waals surface area contributed by atoms with E-state index in [1.165, 1.54) is 7.11 Å². The summed E-state index contributed by atoms with van der Waals surface area (Å²) < 4.78 is 9.63. The lowest BCUT2D eigenvalue weighted by atomic mass is 10.0. The zero-order valence-corrected chi connectivity index (χ0v) is 14.8.